The summed E-state index contributed by atoms with van der Waals surface area (Å²) in [4.78, 5) is 11.6. The van der Waals surface area contributed by atoms with Gasteiger partial charge < -0.3 is 5.11 Å². The number of carboxylic acid groups (broad SMARTS) is 1. The number of fused-ring (bicyclic) bond motifs is 2. The Hall–Kier alpha value is -2.66. The highest BCUT2D eigenvalue weighted by atomic mass is 79.9. The zero-order valence-electron chi connectivity index (χ0n) is 12.6. The molecule has 0 bridgehead atoms. The van der Waals surface area contributed by atoms with Gasteiger partial charge in [-0.2, -0.15) is 5.10 Å². The fourth-order valence-corrected chi connectivity index (χ4v) is 3.46. The van der Waals surface area contributed by atoms with Crippen LogP contribution in [0.5, 0.6) is 0 Å². The van der Waals surface area contributed by atoms with Gasteiger partial charge in [0.15, 0.2) is 0 Å². The van der Waals surface area contributed by atoms with E-state index in [1.165, 1.54) is 5.39 Å². The lowest BCUT2D eigenvalue weighted by molar-refractivity contribution is 0.0698. The van der Waals surface area contributed by atoms with E-state index in [-0.39, 0.29) is 5.56 Å². The Morgan fingerprint density at radius 3 is 2.62 bits per heavy atom. The molecule has 118 valence electrons. The summed E-state index contributed by atoms with van der Waals surface area (Å²) in [6, 6.07) is 17.9. The van der Waals surface area contributed by atoms with Crippen molar-refractivity contribution in [3.8, 4) is 0 Å². The summed E-state index contributed by atoms with van der Waals surface area (Å²) in [5.41, 5.74) is 1.97. The van der Waals surface area contributed by atoms with Crippen molar-refractivity contribution in [1.82, 2.24) is 9.78 Å². The van der Waals surface area contributed by atoms with Crippen molar-refractivity contribution in [2.24, 2.45) is 0 Å². The summed E-state index contributed by atoms with van der Waals surface area (Å²) in [6.45, 7) is 0.524. The molecule has 0 aliphatic heterocycles. The summed E-state index contributed by atoms with van der Waals surface area (Å²) in [5.74, 6) is -0.957. The number of aromatic nitrogens is 2. The predicted molar refractivity (Wildman–Crippen MR) is 97.4 cm³/mol. The summed E-state index contributed by atoms with van der Waals surface area (Å²) in [7, 11) is 0. The van der Waals surface area contributed by atoms with Crippen molar-refractivity contribution >= 4 is 43.6 Å². The van der Waals surface area contributed by atoms with Crippen LogP contribution in [0.25, 0.3) is 21.7 Å². The molecule has 0 amide bonds. The molecular weight excluding hydrogens is 368 g/mol. The van der Waals surface area contributed by atoms with Crippen LogP contribution in [0.3, 0.4) is 0 Å². The fourth-order valence-electron chi connectivity index (χ4n) is 2.99. The first-order valence-corrected chi connectivity index (χ1v) is 8.27. The van der Waals surface area contributed by atoms with E-state index in [9.17, 15) is 9.90 Å². The number of hydrogen-bond acceptors (Lipinski definition) is 2. The van der Waals surface area contributed by atoms with E-state index in [0.717, 1.165) is 20.8 Å². The van der Waals surface area contributed by atoms with Crippen LogP contribution in [-0.2, 0) is 6.54 Å². The van der Waals surface area contributed by atoms with E-state index in [1.54, 1.807) is 16.9 Å². The monoisotopic (exact) mass is 380 g/mol. The van der Waals surface area contributed by atoms with Gasteiger partial charge in [0, 0.05) is 9.86 Å². The van der Waals surface area contributed by atoms with E-state index in [4.69, 9.17) is 0 Å². The molecule has 0 radical (unpaired) electrons. The molecule has 5 heteroatoms. The predicted octanol–water partition coefficient (Wildman–Crippen LogP) is 4.70. The molecule has 1 heterocycles. The Bertz CT molecular complexity index is 1090. The fraction of sp³-hybridized carbons (Fsp3) is 0.0526. The quantitative estimate of drug-likeness (QED) is 0.560. The van der Waals surface area contributed by atoms with E-state index in [0.29, 0.717) is 12.1 Å². The Morgan fingerprint density at radius 2 is 1.83 bits per heavy atom. The topological polar surface area (TPSA) is 55.1 Å². The van der Waals surface area contributed by atoms with E-state index < -0.39 is 5.97 Å². The van der Waals surface area contributed by atoms with Crippen LogP contribution in [0.15, 0.2) is 65.3 Å². The van der Waals surface area contributed by atoms with Crippen LogP contribution < -0.4 is 0 Å². The maximum atomic E-state index is 11.6. The molecule has 0 unspecified atom stereocenters. The molecule has 24 heavy (non-hydrogen) atoms. The molecule has 4 aromatic rings. The first-order valence-electron chi connectivity index (χ1n) is 7.48. The van der Waals surface area contributed by atoms with Crippen molar-refractivity contribution in [1.29, 1.82) is 0 Å². The number of benzene rings is 3. The Balaban J connectivity index is 1.82. The number of halogens is 1. The summed E-state index contributed by atoms with van der Waals surface area (Å²) in [6.07, 6.45) is 1.70. The minimum Gasteiger partial charge on any atom is -0.478 e. The molecule has 0 atom stereocenters. The van der Waals surface area contributed by atoms with Crippen molar-refractivity contribution < 1.29 is 9.90 Å². The van der Waals surface area contributed by atoms with Crippen molar-refractivity contribution in [3.05, 3.63) is 76.4 Å². The Morgan fingerprint density at radius 1 is 1.04 bits per heavy atom. The van der Waals surface area contributed by atoms with E-state index in [1.807, 2.05) is 18.2 Å². The molecule has 1 N–H and O–H groups in total. The lowest BCUT2D eigenvalue weighted by Gasteiger charge is -2.08. The van der Waals surface area contributed by atoms with Gasteiger partial charge in [-0.1, -0.05) is 52.3 Å². The summed E-state index contributed by atoms with van der Waals surface area (Å²) >= 11 is 3.35. The van der Waals surface area contributed by atoms with Crippen LogP contribution in [-0.4, -0.2) is 20.9 Å². The van der Waals surface area contributed by atoms with Gasteiger partial charge >= 0.3 is 5.97 Å². The molecule has 4 nitrogen and oxygen atoms in total. The highest BCUT2D eigenvalue weighted by molar-refractivity contribution is 9.10. The van der Waals surface area contributed by atoms with Gasteiger partial charge in [0.05, 0.1) is 23.8 Å². The third-order valence-corrected chi connectivity index (χ3v) is 4.53. The highest BCUT2D eigenvalue weighted by Gasteiger charge is 2.15. The maximum absolute atomic E-state index is 11.6. The second kappa shape index (κ2) is 5.76. The SMILES string of the molecule is O=C(O)c1cc(Br)cc2cnn(Cc3ccc4ccccc4c3)c12. The maximum Gasteiger partial charge on any atom is 0.337 e. The summed E-state index contributed by atoms with van der Waals surface area (Å²) in [5, 5.41) is 17.0. The molecule has 3 aromatic carbocycles. The summed E-state index contributed by atoms with van der Waals surface area (Å²) < 4.78 is 2.48. The van der Waals surface area contributed by atoms with Crippen molar-refractivity contribution in [2.45, 2.75) is 6.54 Å². The third kappa shape index (κ3) is 2.57. The number of carboxylic acids is 1. The van der Waals surface area contributed by atoms with Gasteiger partial charge in [-0.05, 0) is 34.5 Å². The van der Waals surface area contributed by atoms with Crippen LogP contribution in [0.2, 0.25) is 0 Å². The van der Waals surface area contributed by atoms with Gasteiger partial charge in [-0.3, -0.25) is 4.68 Å². The zero-order valence-corrected chi connectivity index (χ0v) is 14.2. The molecule has 0 aliphatic carbocycles. The Kier molecular flexibility index (Phi) is 3.58. The van der Waals surface area contributed by atoms with E-state index >= 15 is 0 Å². The minimum atomic E-state index is -0.957. The molecule has 0 saturated carbocycles. The standard InChI is InChI=1S/C19H13BrN2O2/c20-16-8-15-10-21-22(18(15)17(9-16)19(23)24)11-12-5-6-13-3-1-2-4-14(13)7-12/h1-10H,11H2,(H,23,24). The number of aromatic carboxylic acids is 1. The van der Waals surface area contributed by atoms with Gasteiger partial charge in [0.1, 0.15) is 0 Å². The average Bonchev–Trinajstić information content (AvgIpc) is 2.96. The lowest BCUT2D eigenvalue weighted by Crippen LogP contribution is -2.06. The second-order valence-corrected chi connectivity index (χ2v) is 6.60. The van der Waals surface area contributed by atoms with Gasteiger partial charge in [0.2, 0.25) is 0 Å². The number of hydrogen-bond donors (Lipinski definition) is 1. The van der Waals surface area contributed by atoms with Crippen LogP contribution in [0.4, 0.5) is 0 Å². The molecule has 1 aromatic heterocycles. The third-order valence-electron chi connectivity index (χ3n) is 4.08. The van der Waals surface area contributed by atoms with Gasteiger partial charge in [-0.25, -0.2) is 4.79 Å². The first kappa shape index (κ1) is 14.9. The number of rotatable bonds is 3. The van der Waals surface area contributed by atoms with Crippen molar-refractivity contribution in [3.63, 3.8) is 0 Å². The lowest BCUT2D eigenvalue weighted by atomic mass is 10.1. The molecule has 0 spiro atoms. The normalized spacial score (nSPS) is 11.2. The van der Waals surface area contributed by atoms with Gasteiger partial charge in [0.25, 0.3) is 0 Å². The molecule has 0 saturated heterocycles. The molecule has 4 rings (SSSR count). The molecule has 0 fully saturated rings. The highest BCUT2D eigenvalue weighted by Crippen LogP contribution is 2.25. The largest absolute Gasteiger partial charge is 0.478 e. The van der Waals surface area contributed by atoms with Crippen LogP contribution in [0, 0.1) is 0 Å². The number of nitrogens with zero attached hydrogens (tertiary/aromatic N) is 2. The Labute approximate surface area is 146 Å². The zero-order chi connectivity index (χ0) is 16.7. The molecule has 0 aliphatic rings. The minimum absolute atomic E-state index is 0.248. The van der Waals surface area contributed by atoms with Gasteiger partial charge in [-0.15, -0.1) is 0 Å². The first-order chi connectivity index (χ1) is 11.6. The average molecular weight is 381 g/mol. The smallest absolute Gasteiger partial charge is 0.337 e. The molecular formula is C19H13BrN2O2. The number of carbonyl (C=O) groups is 1. The van der Waals surface area contributed by atoms with Crippen LogP contribution in [0.1, 0.15) is 15.9 Å². The van der Waals surface area contributed by atoms with E-state index in [2.05, 4.69) is 51.4 Å². The second-order valence-electron chi connectivity index (χ2n) is 5.68. The van der Waals surface area contributed by atoms with Crippen LogP contribution >= 0.6 is 15.9 Å². The van der Waals surface area contributed by atoms with Crippen molar-refractivity contribution in [2.75, 3.05) is 0 Å².